The van der Waals surface area contributed by atoms with Crippen LogP contribution in [-0.2, 0) is 0 Å². The monoisotopic (exact) mass is 126 g/mol. The number of hydrogen-bond acceptors (Lipinski definition) is 0. The molecule has 52 valence electrons. The van der Waals surface area contributed by atoms with Crippen LogP contribution in [0, 0.1) is 0 Å². The average molecular weight is 126 g/mol. The first kappa shape index (κ1) is 6.81. The molecule has 1 N–H and O–H groups in total. The van der Waals surface area contributed by atoms with E-state index in [1.165, 1.54) is 38.0 Å². The highest BCUT2D eigenvalue weighted by molar-refractivity contribution is 4.86. The lowest BCUT2D eigenvalue weighted by atomic mass is 10.3. The van der Waals surface area contributed by atoms with E-state index in [-0.39, 0.29) is 0 Å². The van der Waals surface area contributed by atoms with E-state index in [0.29, 0.717) is 0 Å². The van der Waals surface area contributed by atoms with E-state index in [2.05, 4.69) is 13.5 Å². The Morgan fingerprint density at radius 3 is 2.44 bits per heavy atom. The number of likely N-dealkylation sites (tertiary alicyclic amines) is 1. The number of rotatable bonds is 2. The summed E-state index contributed by atoms with van der Waals surface area (Å²) < 4.78 is 0. The minimum absolute atomic E-state index is 1.19. The Labute approximate surface area is 57.4 Å². The number of hydrogen-bond donors (Lipinski definition) is 1. The van der Waals surface area contributed by atoms with Crippen LogP contribution in [0.4, 0.5) is 0 Å². The highest BCUT2D eigenvalue weighted by Crippen LogP contribution is 1.89. The standard InChI is InChI=1S/C8H15N/c1-8(2)7-9-5-3-4-6-9/h1,3-7H2,2H3/p+1. The van der Waals surface area contributed by atoms with Crippen LogP contribution in [-0.4, -0.2) is 19.6 Å². The molecule has 0 bridgehead atoms. The molecule has 0 amide bonds. The third-order valence-corrected chi connectivity index (χ3v) is 1.86. The summed E-state index contributed by atoms with van der Waals surface area (Å²) in [4.78, 5) is 1.72. The Morgan fingerprint density at radius 1 is 1.44 bits per heavy atom. The third kappa shape index (κ3) is 2.19. The van der Waals surface area contributed by atoms with Gasteiger partial charge in [0.15, 0.2) is 0 Å². The Hall–Kier alpha value is -0.300. The average Bonchev–Trinajstić information content (AvgIpc) is 2.15. The molecule has 0 atom stereocenters. The van der Waals surface area contributed by atoms with E-state index < -0.39 is 0 Å². The van der Waals surface area contributed by atoms with Crippen LogP contribution in [0.25, 0.3) is 0 Å². The Morgan fingerprint density at radius 2 is 2.00 bits per heavy atom. The third-order valence-electron chi connectivity index (χ3n) is 1.86. The maximum absolute atomic E-state index is 3.90. The molecule has 0 saturated carbocycles. The summed E-state index contributed by atoms with van der Waals surface area (Å²) in [5.74, 6) is 0. The summed E-state index contributed by atoms with van der Waals surface area (Å²) in [6.45, 7) is 9.94. The van der Waals surface area contributed by atoms with Crippen molar-refractivity contribution in [3.63, 3.8) is 0 Å². The highest BCUT2D eigenvalue weighted by atomic mass is 15.1. The summed E-state index contributed by atoms with van der Waals surface area (Å²) in [5, 5.41) is 0. The molecule has 0 aromatic heterocycles. The van der Waals surface area contributed by atoms with Crippen molar-refractivity contribution >= 4 is 0 Å². The molecule has 1 nitrogen and oxygen atoms in total. The van der Waals surface area contributed by atoms with Crippen LogP contribution in [0.3, 0.4) is 0 Å². The second-order valence-electron chi connectivity index (χ2n) is 3.09. The maximum atomic E-state index is 3.90. The fraction of sp³-hybridized carbons (Fsp3) is 0.750. The normalized spacial score (nSPS) is 20.6. The fourth-order valence-electron chi connectivity index (χ4n) is 1.48. The molecule has 0 aromatic carbocycles. The van der Waals surface area contributed by atoms with Gasteiger partial charge in [-0.2, -0.15) is 0 Å². The Kier molecular flexibility index (Phi) is 2.29. The Balaban J connectivity index is 2.19. The van der Waals surface area contributed by atoms with Crippen LogP contribution >= 0.6 is 0 Å². The molecule has 0 radical (unpaired) electrons. The van der Waals surface area contributed by atoms with Gasteiger partial charge in [0.2, 0.25) is 0 Å². The SMILES string of the molecule is C=C(C)C[NH+]1CCCC1. The fourth-order valence-corrected chi connectivity index (χ4v) is 1.48. The molecule has 0 unspecified atom stereocenters. The van der Waals surface area contributed by atoms with Crippen molar-refractivity contribution < 1.29 is 4.90 Å². The molecule has 1 heteroatoms. The largest absolute Gasteiger partial charge is 0.331 e. The van der Waals surface area contributed by atoms with Crippen molar-refractivity contribution in [2.45, 2.75) is 19.8 Å². The van der Waals surface area contributed by atoms with Crippen LogP contribution in [0.2, 0.25) is 0 Å². The van der Waals surface area contributed by atoms with Gasteiger partial charge in [0.25, 0.3) is 0 Å². The van der Waals surface area contributed by atoms with E-state index in [1.807, 2.05) is 0 Å². The zero-order valence-electron chi connectivity index (χ0n) is 6.24. The highest BCUT2D eigenvalue weighted by Gasteiger charge is 2.13. The predicted molar refractivity (Wildman–Crippen MR) is 39.6 cm³/mol. The molecule has 1 aliphatic heterocycles. The van der Waals surface area contributed by atoms with Gasteiger partial charge in [-0.1, -0.05) is 6.58 Å². The zero-order chi connectivity index (χ0) is 6.69. The Bertz CT molecular complexity index is 101. The van der Waals surface area contributed by atoms with Crippen molar-refractivity contribution in [1.82, 2.24) is 0 Å². The molecule has 1 fully saturated rings. The molecule has 0 aromatic rings. The van der Waals surface area contributed by atoms with E-state index in [0.717, 1.165) is 0 Å². The summed E-state index contributed by atoms with van der Waals surface area (Å²) in [6, 6.07) is 0. The molecule has 9 heavy (non-hydrogen) atoms. The second-order valence-corrected chi connectivity index (χ2v) is 3.09. The van der Waals surface area contributed by atoms with E-state index >= 15 is 0 Å². The van der Waals surface area contributed by atoms with Crippen LogP contribution in [0.15, 0.2) is 12.2 Å². The molecular weight excluding hydrogens is 110 g/mol. The van der Waals surface area contributed by atoms with Crippen molar-refractivity contribution in [2.75, 3.05) is 19.6 Å². The quantitative estimate of drug-likeness (QED) is 0.506. The van der Waals surface area contributed by atoms with E-state index in [4.69, 9.17) is 0 Å². The molecular formula is C8H16N+. The first-order valence-corrected chi connectivity index (χ1v) is 3.77. The summed E-state index contributed by atoms with van der Waals surface area (Å²) in [5.41, 5.74) is 1.33. The van der Waals surface area contributed by atoms with Gasteiger partial charge in [-0.15, -0.1) is 0 Å². The van der Waals surface area contributed by atoms with Gasteiger partial charge in [0.1, 0.15) is 0 Å². The van der Waals surface area contributed by atoms with Crippen molar-refractivity contribution in [3.8, 4) is 0 Å². The minimum atomic E-state index is 1.19. The summed E-state index contributed by atoms with van der Waals surface area (Å²) in [7, 11) is 0. The number of quaternary nitrogens is 1. The van der Waals surface area contributed by atoms with Gasteiger partial charge in [0, 0.05) is 12.8 Å². The van der Waals surface area contributed by atoms with Gasteiger partial charge in [-0.25, -0.2) is 0 Å². The number of nitrogens with one attached hydrogen (secondary N) is 1. The van der Waals surface area contributed by atoms with Crippen LogP contribution in [0.1, 0.15) is 19.8 Å². The first-order valence-electron chi connectivity index (χ1n) is 3.77. The summed E-state index contributed by atoms with van der Waals surface area (Å²) in [6.07, 6.45) is 2.84. The minimum Gasteiger partial charge on any atom is -0.331 e. The molecule has 1 rings (SSSR count). The lowest BCUT2D eigenvalue weighted by molar-refractivity contribution is -0.882. The lowest BCUT2D eigenvalue weighted by Crippen LogP contribution is -3.10. The van der Waals surface area contributed by atoms with E-state index in [9.17, 15) is 0 Å². The lowest BCUT2D eigenvalue weighted by Gasteiger charge is -2.10. The maximum Gasteiger partial charge on any atom is 0.0982 e. The van der Waals surface area contributed by atoms with Gasteiger partial charge in [-0.3, -0.25) is 0 Å². The van der Waals surface area contributed by atoms with Crippen LogP contribution in [0.5, 0.6) is 0 Å². The van der Waals surface area contributed by atoms with Crippen molar-refractivity contribution in [1.29, 1.82) is 0 Å². The van der Waals surface area contributed by atoms with E-state index in [1.54, 1.807) is 4.90 Å². The van der Waals surface area contributed by atoms with Crippen LogP contribution < -0.4 is 4.90 Å². The molecule has 0 spiro atoms. The molecule has 1 heterocycles. The predicted octanol–water partition coefficient (Wildman–Crippen LogP) is 0.241. The molecule has 1 aliphatic rings. The van der Waals surface area contributed by atoms with Gasteiger partial charge in [-0.05, 0) is 12.5 Å². The van der Waals surface area contributed by atoms with Gasteiger partial charge < -0.3 is 4.90 Å². The van der Waals surface area contributed by atoms with Gasteiger partial charge in [0.05, 0.1) is 19.6 Å². The summed E-state index contributed by atoms with van der Waals surface area (Å²) >= 11 is 0. The zero-order valence-corrected chi connectivity index (χ0v) is 6.24. The first-order chi connectivity index (χ1) is 4.29. The van der Waals surface area contributed by atoms with Gasteiger partial charge >= 0.3 is 0 Å². The topological polar surface area (TPSA) is 4.44 Å². The smallest absolute Gasteiger partial charge is 0.0982 e. The van der Waals surface area contributed by atoms with Crippen molar-refractivity contribution in [3.05, 3.63) is 12.2 Å². The molecule has 0 aliphatic carbocycles. The van der Waals surface area contributed by atoms with Crippen molar-refractivity contribution in [2.24, 2.45) is 0 Å². The second kappa shape index (κ2) is 3.02. The molecule has 1 saturated heterocycles.